The molecule has 0 radical (unpaired) electrons. The van der Waals surface area contributed by atoms with Crippen molar-refractivity contribution in [2.45, 2.75) is 25.0 Å². The van der Waals surface area contributed by atoms with Gasteiger partial charge in [0.05, 0.1) is 6.61 Å². The third-order valence-corrected chi connectivity index (χ3v) is 3.55. The van der Waals surface area contributed by atoms with Crippen molar-refractivity contribution in [3.05, 3.63) is 35.9 Å². The lowest BCUT2D eigenvalue weighted by Gasteiger charge is -2.18. The van der Waals surface area contributed by atoms with E-state index >= 15 is 0 Å². The number of hydrogen-bond acceptors (Lipinski definition) is 4. The van der Waals surface area contributed by atoms with Crippen LogP contribution in [0, 0.1) is 0 Å². The molecule has 3 N–H and O–H groups in total. The minimum Gasteiger partial charge on any atom is -0.383 e. The van der Waals surface area contributed by atoms with Crippen LogP contribution in [0.4, 0.5) is 0 Å². The number of ether oxygens (including phenoxy) is 1. The highest BCUT2D eigenvalue weighted by atomic mass is 16.5. The predicted octanol–water partition coefficient (Wildman–Crippen LogP) is 0.351. The summed E-state index contributed by atoms with van der Waals surface area (Å²) < 4.78 is 4.89. The van der Waals surface area contributed by atoms with Crippen LogP contribution in [0.1, 0.15) is 12.0 Å². The Hall–Kier alpha value is -1.43. The van der Waals surface area contributed by atoms with Crippen molar-refractivity contribution >= 4 is 5.91 Å². The molecule has 1 aromatic carbocycles. The number of methoxy groups -OCH3 is 1. The van der Waals surface area contributed by atoms with Gasteiger partial charge >= 0.3 is 0 Å². The van der Waals surface area contributed by atoms with E-state index in [1.54, 1.807) is 7.11 Å². The number of carbonyl (C=O) groups is 1. The molecule has 20 heavy (non-hydrogen) atoms. The molecule has 110 valence electrons. The Labute approximate surface area is 120 Å². The molecule has 5 nitrogen and oxygen atoms in total. The fourth-order valence-corrected chi connectivity index (χ4v) is 2.50. The van der Waals surface area contributed by atoms with Gasteiger partial charge in [-0.05, 0) is 12.0 Å². The minimum absolute atomic E-state index is 0.126. The van der Waals surface area contributed by atoms with Gasteiger partial charge in [-0.1, -0.05) is 30.3 Å². The zero-order valence-corrected chi connectivity index (χ0v) is 11.9. The van der Waals surface area contributed by atoms with Gasteiger partial charge in [0.2, 0.25) is 5.91 Å². The van der Waals surface area contributed by atoms with Crippen LogP contribution in [0.2, 0.25) is 0 Å². The summed E-state index contributed by atoms with van der Waals surface area (Å²) in [6, 6.07) is 9.98. The van der Waals surface area contributed by atoms with E-state index in [1.165, 1.54) is 5.56 Å². The largest absolute Gasteiger partial charge is 0.383 e. The van der Waals surface area contributed by atoms with Crippen molar-refractivity contribution in [2.24, 2.45) is 5.73 Å². The van der Waals surface area contributed by atoms with E-state index in [4.69, 9.17) is 10.5 Å². The van der Waals surface area contributed by atoms with Crippen molar-refractivity contribution in [3.8, 4) is 0 Å². The number of amides is 1. The summed E-state index contributed by atoms with van der Waals surface area (Å²) in [5, 5.41) is 2.99. The van der Waals surface area contributed by atoms with Crippen LogP contribution in [-0.2, 0) is 16.1 Å². The zero-order chi connectivity index (χ0) is 14.4. The number of nitrogens with one attached hydrogen (secondary N) is 1. The van der Waals surface area contributed by atoms with Crippen LogP contribution in [0.3, 0.4) is 0 Å². The summed E-state index contributed by atoms with van der Waals surface area (Å²) in [6.45, 7) is 3.06. The smallest absolute Gasteiger partial charge is 0.239 e. The second-order valence-electron chi connectivity index (χ2n) is 5.28. The summed E-state index contributed by atoms with van der Waals surface area (Å²) in [4.78, 5) is 14.2. The Morgan fingerprint density at radius 3 is 2.95 bits per heavy atom. The number of benzene rings is 1. The summed E-state index contributed by atoms with van der Waals surface area (Å²) in [5.41, 5.74) is 7.01. The Morgan fingerprint density at radius 1 is 1.50 bits per heavy atom. The topological polar surface area (TPSA) is 67.6 Å². The van der Waals surface area contributed by atoms with Crippen LogP contribution >= 0.6 is 0 Å². The van der Waals surface area contributed by atoms with Crippen molar-refractivity contribution in [1.82, 2.24) is 10.2 Å². The highest BCUT2D eigenvalue weighted by molar-refractivity contribution is 5.81. The van der Waals surface area contributed by atoms with Gasteiger partial charge < -0.3 is 15.8 Å². The van der Waals surface area contributed by atoms with Gasteiger partial charge in [-0.3, -0.25) is 9.69 Å². The van der Waals surface area contributed by atoms with E-state index in [-0.39, 0.29) is 18.6 Å². The molecule has 5 heteroatoms. The molecule has 1 saturated heterocycles. The van der Waals surface area contributed by atoms with E-state index in [0.717, 1.165) is 26.1 Å². The number of carbonyl (C=O) groups excluding carboxylic acids is 1. The van der Waals surface area contributed by atoms with Gasteiger partial charge in [0.1, 0.15) is 6.04 Å². The Kier molecular flexibility index (Phi) is 5.52. The van der Waals surface area contributed by atoms with Crippen molar-refractivity contribution in [2.75, 3.05) is 26.8 Å². The average molecular weight is 277 g/mol. The average Bonchev–Trinajstić information content (AvgIpc) is 2.87. The molecule has 1 heterocycles. The van der Waals surface area contributed by atoms with Crippen molar-refractivity contribution in [3.63, 3.8) is 0 Å². The number of nitrogens with two attached hydrogens (primary N) is 1. The van der Waals surface area contributed by atoms with Gasteiger partial charge in [0.15, 0.2) is 0 Å². The fourth-order valence-electron chi connectivity index (χ4n) is 2.50. The molecular weight excluding hydrogens is 254 g/mol. The third-order valence-electron chi connectivity index (χ3n) is 3.55. The van der Waals surface area contributed by atoms with Crippen molar-refractivity contribution in [1.29, 1.82) is 0 Å². The molecule has 0 spiro atoms. The molecular formula is C15H23N3O2. The van der Waals surface area contributed by atoms with Gasteiger partial charge in [0, 0.05) is 32.8 Å². The zero-order valence-electron chi connectivity index (χ0n) is 11.9. The first-order valence-electron chi connectivity index (χ1n) is 7.00. The highest BCUT2D eigenvalue weighted by Gasteiger charge is 2.25. The maximum absolute atomic E-state index is 11.8. The fraction of sp³-hybridized carbons (Fsp3) is 0.533. The van der Waals surface area contributed by atoms with Crippen molar-refractivity contribution < 1.29 is 9.53 Å². The van der Waals surface area contributed by atoms with Crippen LogP contribution in [0.15, 0.2) is 30.3 Å². The Bertz CT molecular complexity index is 424. The van der Waals surface area contributed by atoms with Crippen LogP contribution < -0.4 is 11.1 Å². The van der Waals surface area contributed by atoms with E-state index in [1.807, 2.05) is 6.07 Å². The lowest BCUT2D eigenvalue weighted by atomic mass is 10.2. The molecule has 1 aliphatic heterocycles. The monoisotopic (exact) mass is 277 g/mol. The van der Waals surface area contributed by atoms with E-state index in [2.05, 4.69) is 34.5 Å². The molecule has 0 aromatic heterocycles. The van der Waals surface area contributed by atoms with Gasteiger partial charge in [-0.15, -0.1) is 0 Å². The molecule has 2 unspecified atom stereocenters. The Balaban J connectivity index is 1.76. The summed E-state index contributed by atoms with van der Waals surface area (Å²) >= 11 is 0. The molecule has 0 saturated carbocycles. The lowest BCUT2D eigenvalue weighted by Crippen LogP contribution is -2.48. The third kappa shape index (κ3) is 4.30. The summed E-state index contributed by atoms with van der Waals surface area (Å²) in [7, 11) is 1.55. The molecule has 1 aliphatic rings. The normalized spacial score (nSPS) is 20.8. The number of rotatable bonds is 6. The number of hydrogen-bond donors (Lipinski definition) is 2. The standard InChI is InChI=1S/C15H23N3O2/c1-20-11-14(16)15(19)17-13-7-8-18(10-13)9-12-5-3-2-4-6-12/h2-6,13-14H,7-11,16H2,1H3,(H,17,19). The van der Waals surface area contributed by atoms with E-state index in [9.17, 15) is 4.79 Å². The molecule has 2 atom stereocenters. The van der Waals surface area contributed by atoms with Gasteiger partial charge in [-0.2, -0.15) is 0 Å². The summed E-state index contributed by atoms with van der Waals surface area (Å²) in [5.74, 6) is -0.126. The number of likely N-dealkylation sites (tertiary alicyclic amines) is 1. The van der Waals surface area contributed by atoms with Crippen LogP contribution in [0.25, 0.3) is 0 Å². The molecule has 0 aliphatic carbocycles. The first-order chi connectivity index (χ1) is 9.69. The highest BCUT2D eigenvalue weighted by Crippen LogP contribution is 2.13. The quantitative estimate of drug-likeness (QED) is 0.787. The van der Waals surface area contributed by atoms with Crippen LogP contribution in [-0.4, -0.2) is 49.7 Å². The van der Waals surface area contributed by atoms with Gasteiger partial charge in [-0.25, -0.2) is 0 Å². The first-order valence-corrected chi connectivity index (χ1v) is 7.00. The summed E-state index contributed by atoms with van der Waals surface area (Å²) in [6.07, 6.45) is 0.971. The molecule has 2 rings (SSSR count). The molecule has 1 amide bonds. The first kappa shape index (κ1) is 15.0. The molecule has 1 fully saturated rings. The van der Waals surface area contributed by atoms with E-state index in [0.29, 0.717) is 0 Å². The Morgan fingerprint density at radius 2 is 2.25 bits per heavy atom. The SMILES string of the molecule is COCC(N)C(=O)NC1CCN(Cc2ccccc2)C1. The second-order valence-corrected chi connectivity index (χ2v) is 5.28. The van der Waals surface area contributed by atoms with Gasteiger partial charge in [0.25, 0.3) is 0 Å². The lowest BCUT2D eigenvalue weighted by molar-refractivity contribution is -0.124. The maximum Gasteiger partial charge on any atom is 0.239 e. The minimum atomic E-state index is -0.580. The van der Waals surface area contributed by atoms with Crippen LogP contribution in [0.5, 0.6) is 0 Å². The maximum atomic E-state index is 11.8. The predicted molar refractivity (Wildman–Crippen MR) is 78.1 cm³/mol. The van der Waals surface area contributed by atoms with E-state index < -0.39 is 6.04 Å². The molecule has 1 aromatic rings. The number of nitrogens with zero attached hydrogens (tertiary/aromatic N) is 1. The second kappa shape index (κ2) is 7.38. The molecule has 0 bridgehead atoms.